The van der Waals surface area contributed by atoms with Crippen molar-refractivity contribution in [1.82, 2.24) is 15.1 Å². The first-order chi connectivity index (χ1) is 12.6. The lowest BCUT2D eigenvalue weighted by atomic mass is 9.89. The van der Waals surface area contributed by atoms with Crippen LogP contribution >= 0.6 is 0 Å². The summed E-state index contributed by atoms with van der Waals surface area (Å²) in [7, 11) is 0. The van der Waals surface area contributed by atoms with Crippen molar-refractivity contribution in [1.29, 1.82) is 0 Å². The molecule has 1 atom stereocenters. The van der Waals surface area contributed by atoms with Crippen molar-refractivity contribution in [3.05, 3.63) is 41.7 Å². The second-order valence-electron chi connectivity index (χ2n) is 7.41. The highest BCUT2D eigenvalue weighted by Crippen LogP contribution is 2.24. The van der Waals surface area contributed by atoms with Gasteiger partial charge in [0, 0.05) is 6.54 Å². The molecule has 0 saturated heterocycles. The van der Waals surface area contributed by atoms with Crippen LogP contribution in [-0.4, -0.2) is 28.3 Å². The van der Waals surface area contributed by atoms with Gasteiger partial charge in [0.15, 0.2) is 0 Å². The van der Waals surface area contributed by atoms with Crippen molar-refractivity contribution in [2.24, 2.45) is 5.92 Å². The van der Waals surface area contributed by atoms with Gasteiger partial charge in [-0.15, -0.1) is 0 Å². The normalized spacial score (nSPS) is 16.3. The Morgan fingerprint density at radius 3 is 2.58 bits per heavy atom. The highest BCUT2D eigenvalue weighted by molar-refractivity contribution is 5.84. The number of nitrogens with zero attached hydrogens (tertiary/aromatic N) is 2. The van der Waals surface area contributed by atoms with Crippen molar-refractivity contribution in [2.45, 2.75) is 58.9 Å². The zero-order chi connectivity index (χ0) is 18.5. The molecule has 1 amide bonds. The van der Waals surface area contributed by atoms with E-state index in [2.05, 4.69) is 15.7 Å². The lowest BCUT2D eigenvalue weighted by Gasteiger charge is -2.23. The molecule has 1 saturated carbocycles. The van der Waals surface area contributed by atoms with E-state index in [1.807, 2.05) is 55.8 Å². The van der Waals surface area contributed by atoms with Gasteiger partial charge in [0.05, 0.1) is 22.8 Å². The standard InChI is InChI=1S/C21H30N4O/c1-15-20(17(3)25(24-15)19-12-8-5-9-13-19)23-16(2)21(26)22-14-18-10-6-4-7-11-18/h5,8-9,12-13,16,18,23H,4,6-7,10-11,14H2,1-3H3,(H,22,26). The molecule has 1 aromatic carbocycles. The van der Waals surface area contributed by atoms with Crippen LogP contribution in [-0.2, 0) is 4.79 Å². The summed E-state index contributed by atoms with van der Waals surface area (Å²) in [4.78, 5) is 12.5. The summed E-state index contributed by atoms with van der Waals surface area (Å²) >= 11 is 0. The van der Waals surface area contributed by atoms with Gasteiger partial charge in [-0.1, -0.05) is 37.5 Å². The second-order valence-corrected chi connectivity index (χ2v) is 7.41. The van der Waals surface area contributed by atoms with Crippen molar-refractivity contribution in [2.75, 3.05) is 11.9 Å². The zero-order valence-corrected chi connectivity index (χ0v) is 16.1. The minimum absolute atomic E-state index is 0.0573. The van der Waals surface area contributed by atoms with E-state index in [9.17, 15) is 4.79 Å². The van der Waals surface area contributed by atoms with Gasteiger partial charge in [-0.2, -0.15) is 5.10 Å². The topological polar surface area (TPSA) is 59.0 Å². The molecular weight excluding hydrogens is 324 g/mol. The molecule has 0 aliphatic heterocycles. The molecule has 1 heterocycles. The number of anilines is 1. The van der Waals surface area contributed by atoms with Gasteiger partial charge in [-0.25, -0.2) is 4.68 Å². The van der Waals surface area contributed by atoms with E-state index in [-0.39, 0.29) is 11.9 Å². The van der Waals surface area contributed by atoms with Gasteiger partial charge >= 0.3 is 0 Å². The minimum atomic E-state index is -0.288. The zero-order valence-electron chi connectivity index (χ0n) is 16.1. The van der Waals surface area contributed by atoms with E-state index in [1.54, 1.807) is 0 Å². The van der Waals surface area contributed by atoms with E-state index in [0.717, 1.165) is 29.3 Å². The third kappa shape index (κ3) is 4.26. The molecule has 5 nitrogen and oxygen atoms in total. The van der Waals surface area contributed by atoms with E-state index in [0.29, 0.717) is 5.92 Å². The van der Waals surface area contributed by atoms with Crippen LogP contribution in [0.3, 0.4) is 0 Å². The Balaban J connectivity index is 1.62. The number of benzene rings is 1. The highest BCUT2D eigenvalue weighted by Gasteiger charge is 2.20. The van der Waals surface area contributed by atoms with Crippen LogP contribution in [0.4, 0.5) is 5.69 Å². The fourth-order valence-electron chi connectivity index (χ4n) is 3.74. The molecule has 3 rings (SSSR count). The van der Waals surface area contributed by atoms with E-state index in [1.165, 1.54) is 32.1 Å². The Morgan fingerprint density at radius 1 is 1.19 bits per heavy atom. The number of para-hydroxylation sites is 1. The summed E-state index contributed by atoms with van der Waals surface area (Å²) in [5, 5.41) is 11.1. The van der Waals surface area contributed by atoms with Crippen LogP contribution in [0.1, 0.15) is 50.4 Å². The number of nitrogens with one attached hydrogen (secondary N) is 2. The summed E-state index contributed by atoms with van der Waals surface area (Å²) in [6.07, 6.45) is 6.41. The molecule has 1 fully saturated rings. The number of amides is 1. The number of hydrogen-bond donors (Lipinski definition) is 2. The maximum atomic E-state index is 12.5. The SMILES string of the molecule is Cc1nn(-c2ccccc2)c(C)c1NC(C)C(=O)NCC1CCCCC1. The first-order valence-electron chi connectivity index (χ1n) is 9.72. The van der Waals surface area contributed by atoms with Crippen molar-refractivity contribution < 1.29 is 4.79 Å². The fourth-order valence-corrected chi connectivity index (χ4v) is 3.74. The van der Waals surface area contributed by atoms with Gasteiger partial charge in [0.1, 0.15) is 6.04 Å². The van der Waals surface area contributed by atoms with Crippen LogP contribution in [0.2, 0.25) is 0 Å². The maximum Gasteiger partial charge on any atom is 0.242 e. The predicted molar refractivity (Wildman–Crippen MR) is 106 cm³/mol. The number of aromatic nitrogens is 2. The van der Waals surface area contributed by atoms with Gasteiger partial charge in [0.25, 0.3) is 0 Å². The van der Waals surface area contributed by atoms with Gasteiger partial charge in [0.2, 0.25) is 5.91 Å². The maximum absolute atomic E-state index is 12.5. The number of carbonyl (C=O) groups excluding carboxylic acids is 1. The first-order valence-corrected chi connectivity index (χ1v) is 9.72. The molecule has 2 aromatic rings. The van der Waals surface area contributed by atoms with Gasteiger partial charge in [-0.3, -0.25) is 4.79 Å². The number of hydrogen-bond acceptors (Lipinski definition) is 3. The average molecular weight is 354 g/mol. The van der Waals surface area contributed by atoms with Crippen LogP contribution < -0.4 is 10.6 Å². The molecule has 0 bridgehead atoms. The van der Waals surface area contributed by atoms with Crippen molar-refractivity contribution >= 4 is 11.6 Å². The molecule has 1 aliphatic carbocycles. The Kier molecular flexibility index (Phi) is 5.96. The summed E-state index contributed by atoms with van der Waals surface area (Å²) in [6, 6.07) is 9.77. The molecule has 5 heteroatoms. The quantitative estimate of drug-likeness (QED) is 0.825. The van der Waals surface area contributed by atoms with Crippen LogP contribution in [0.15, 0.2) is 30.3 Å². The molecule has 26 heavy (non-hydrogen) atoms. The molecule has 1 aromatic heterocycles. The molecular formula is C21H30N4O. The Bertz CT molecular complexity index is 732. The minimum Gasteiger partial charge on any atom is -0.371 e. The van der Waals surface area contributed by atoms with Crippen molar-refractivity contribution in [3.8, 4) is 5.69 Å². The number of rotatable bonds is 6. The van der Waals surface area contributed by atoms with Crippen LogP contribution in [0.5, 0.6) is 0 Å². The smallest absolute Gasteiger partial charge is 0.242 e. The van der Waals surface area contributed by atoms with E-state index < -0.39 is 0 Å². The fraction of sp³-hybridized carbons (Fsp3) is 0.524. The first kappa shape index (κ1) is 18.5. The monoisotopic (exact) mass is 354 g/mol. The predicted octanol–water partition coefficient (Wildman–Crippen LogP) is 3.99. The average Bonchev–Trinajstić information content (AvgIpc) is 2.95. The Labute approximate surface area is 156 Å². The summed E-state index contributed by atoms with van der Waals surface area (Å²) < 4.78 is 1.92. The largest absolute Gasteiger partial charge is 0.371 e. The number of aryl methyl sites for hydroxylation is 1. The van der Waals surface area contributed by atoms with Crippen LogP contribution in [0.25, 0.3) is 5.69 Å². The third-order valence-corrected chi connectivity index (χ3v) is 5.34. The van der Waals surface area contributed by atoms with Crippen LogP contribution in [0, 0.1) is 19.8 Å². The summed E-state index contributed by atoms with van der Waals surface area (Å²) in [6.45, 7) is 6.71. The summed E-state index contributed by atoms with van der Waals surface area (Å²) in [5.74, 6) is 0.700. The van der Waals surface area contributed by atoms with Gasteiger partial charge < -0.3 is 10.6 Å². The molecule has 1 aliphatic rings. The molecule has 0 radical (unpaired) electrons. The highest BCUT2D eigenvalue weighted by atomic mass is 16.2. The van der Waals surface area contributed by atoms with Crippen molar-refractivity contribution in [3.63, 3.8) is 0 Å². The molecule has 140 valence electrons. The van der Waals surface area contributed by atoms with Gasteiger partial charge in [-0.05, 0) is 51.7 Å². The third-order valence-electron chi connectivity index (χ3n) is 5.34. The molecule has 1 unspecified atom stereocenters. The molecule has 0 spiro atoms. The lowest BCUT2D eigenvalue weighted by molar-refractivity contribution is -0.121. The van der Waals surface area contributed by atoms with E-state index in [4.69, 9.17) is 0 Å². The molecule has 2 N–H and O–H groups in total. The lowest BCUT2D eigenvalue weighted by Crippen LogP contribution is -2.40. The Morgan fingerprint density at radius 2 is 1.88 bits per heavy atom. The Hall–Kier alpha value is -2.30. The number of carbonyl (C=O) groups is 1. The van der Waals surface area contributed by atoms with E-state index >= 15 is 0 Å². The summed E-state index contributed by atoms with van der Waals surface area (Å²) in [5.41, 5.74) is 3.88. The second kappa shape index (κ2) is 8.39.